The molecule has 4 aliphatic rings. The van der Waals surface area contributed by atoms with Crippen molar-refractivity contribution < 1.29 is 5.11 Å². The highest BCUT2D eigenvalue weighted by Crippen LogP contribution is 2.59. The minimum Gasteiger partial charge on any atom is -0.393 e. The molecule has 6 atom stereocenters. The maximum absolute atomic E-state index is 10.2. The second-order valence-electron chi connectivity index (χ2n) is 7.62. The first-order valence-corrected chi connectivity index (χ1v) is 8.57. The van der Waals surface area contributed by atoms with Crippen LogP contribution in [0.2, 0.25) is 0 Å². The van der Waals surface area contributed by atoms with E-state index in [0.29, 0.717) is 29.3 Å². The van der Waals surface area contributed by atoms with Gasteiger partial charge in [-0.3, -0.25) is 4.90 Å². The molecule has 3 fully saturated rings. The molecule has 0 spiro atoms. The maximum atomic E-state index is 10.2. The molecule has 0 aromatic heterocycles. The number of aliphatic hydroxyl groups is 1. The average Bonchev–Trinajstić information content (AvgIpc) is 2.50. The quantitative estimate of drug-likeness (QED) is 0.903. The lowest BCUT2D eigenvalue weighted by atomic mass is 9.48. The third kappa shape index (κ3) is 1.66. The zero-order valence-corrected chi connectivity index (χ0v) is 13.4. The van der Waals surface area contributed by atoms with Crippen molar-refractivity contribution in [1.82, 2.24) is 4.90 Å². The van der Waals surface area contributed by atoms with E-state index in [9.17, 15) is 5.11 Å². The predicted octanol–water partition coefficient (Wildman–Crippen LogP) is 2.98. The summed E-state index contributed by atoms with van der Waals surface area (Å²) in [5.41, 5.74) is 3.56. The van der Waals surface area contributed by atoms with Crippen molar-refractivity contribution >= 4 is 0 Å². The van der Waals surface area contributed by atoms with Gasteiger partial charge in [-0.1, -0.05) is 31.2 Å². The van der Waals surface area contributed by atoms with Crippen LogP contribution in [0.1, 0.15) is 44.2 Å². The number of nitrogens with zero attached hydrogens (tertiary/aromatic N) is 1. The monoisotopic (exact) mass is 285 g/mol. The number of hydrogen-bond acceptors (Lipinski definition) is 2. The van der Waals surface area contributed by atoms with Crippen molar-refractivity contribution in [1.29, 1.82) is 0 Å². The summed E-state index contributed by atoms with van der Waals surface area (Å²) in [6.45, 7) is 4.36. The van der Waals surface area contributed by atoms with Crippen LogP contribution >= 0.6 is 0 Å². The topological polar surface area (TPSA) is 23.5 Å². The number of likely N-dealkylation sites (N-methyl/N-ethyl adjacent to an activating group) is 1. The molecule has 0 radical (unpaired) electrons. The van der Waals surface area contributed by atoms with Crippen molar-refractivity contribution in [3.8, 4) is 0 Å². The molecular formula is C19H27NO. The molecule has 2 saturated heterocycles. The fraction of sp³-hybridized carbons (Fsp3) is 0.684. The maximum Gasteiger partial charge on any atom is 0.0555 e. The second-order valence-corrected chi connectivity index (χ2v) is 7.62. The Morgan fingerprint density at radius 2 is 2.10 bits per heavy atom. The average molecular weight is 285 g/mol. The SMILES string of the molecule is CC[C@]12CC3C(C(C)O)CC1C(Cc1ccccc12)N3C. The number of piperidine rings is 2. The van der Waals surface area contributed by atoms with Gasteiger partial charge in [0.25, 0.3) is 0 Å². The van der Waals surface area contributed by atoms with Crippen LogP contribution in [0.4, 0.5) is 0 Å². The van der Waals surface area contributed by atoms with E-state index in [1.54, 1.807) is 11.1 Å². The van der Waals surface area contributed by atoms with Crippen LogP contribution in [0.3, 0.4) is 0 Å². The Hall–Kier alpha value is -0.860. The van der Waals surface area contributed by atoms with E-state index < -0.39 is 0 Å². The lowest BCUT2D eigenvalue weighted by molar-refractivity contribution is -0.121. The fourth-order valence-electron chi connectivity index (χ4n) is 5.97. The van der Waals surface area contributed by atoms with E-state index in [0.717, 1.165) is 0 Å². The summed E-state index contributed by atoms with van der Waals surface area (Å²) in [7, 11) is 2.30. The molecule has 0 amide bonds. The Morgan fingerprint density at radius 1 is 1.33 bits per heavy atom. The molecule has 1 N–H and O–H groups in total. The molecule has 114 valence electrons. The van der Waals surface area contributed by atoms with E-state index in [1.807, 2.05) is 6.92 Å². The number of fused-ring (bicyclic) bond motifs is 2. The highest BCUT2D eigenvalue weighted by molar-refractivity contribution is 5.42. The molecule has 1 aromatic carbocycles. The molecule has 1 saturated carbocycles. The van der Waals surface area contributed by atoms with E-state index in [-0.39, 0.29) is 6.10 Å². The fourth-order valence-corrected chi connectivity index (χ4v) is 5.97. The molecule has 2 aliphatic heterocycles. The van der Waals surface area contributed by atoms with Gasteiger partial charge in [0, 0.05) is 23.4 Å². The second kappa shape index (κ2) is 4.57. The van der Waals surface area contributed by atoms with Gasteiger partial charge in [-0.05, 0) is 56.7 Å². The Labute approximate surface area is 128 Å². The van der Waals surface area contributed by atoms with Gasteiger partial charge in [-0.25, -0.2) is 0 Å². The first-order chi connectivity index (χ1) is 10.1. The van der Waals surface area contributed by atoms with Gasteiger partial charge in [0.1, 0.15) is 0 Å². The lowest BCUT2D eigenvalue weighted by Crippen LogP contribution is -2.69. The van der Waals surface area contributed by atoms with Crippen molar-refractivity contribution in [3.05, 3.63) is 35.4 Å². The van der Waals surface area contributed by atoms with Gasteiger partial charge < -0.3 is 5.11 Å². The molecule has 1 aromatic rings. The first kappa shape index (κ1) is 13.8. The summed E-state index contributed by atoms with van der Waals surface area (Å²) in [6, 6.07) is 10.4. The molecule has 2 heterocycles. The smallest absolute Gasteiger partial charge is 0.0555 e. The number of benzene rings is 1. The van der Waals surface area contributed by atoms with Gasteiger partial charge in [0.2, 0.25) is 0 Å². The molecule has 2 aliphatic carbocycles. The summed E-state index contributed by atoms with van der Waals surface area (Å²) in [4.78, 5) is 2.61. The normalized spacial score (nSPS) is 42.7. The van der Waals surface area contributed by atoms with E-state index in [1.165, 1.54) is 25.7 Å². The predicted molar refractivity (Wildman–Crippen MR) is 85.3 cm³/mol. The molecule has 5 rings (SSSR count). The van der Waals surface area contributed by atoms with Crippen LogP contribution in [0, 0.1) is 11.8 Å². The minimum atomic E-state index is -0.176. The van der Waals surface area contributed by atoms with E-state index in [4.69, 9.17) is 0 Å². The standard InChI is InChI=1S/C19H27NO/c1-4-19-11-18-14(12(2)21)10-16(19)17(20(18)3)9-13-7-5-6-8-15(13)19/h5-8,12,14,16-18,21H,4,9-11H2,1-3H3/t12?,14?,16?,17?,18?,19-/m1/s1. The molecule has 5 unspecified atom stereocenters. The summed E-state index contributed by atoms with van der Waals surface area (Å²) >= 11 is 0. The zero-order valence-electron chi connectivity index (χ0n) is 13.4. The molecule has 2 heteroatoms. The van der Waals surface area contributed by atoms with Crippen LogP contribution in [-0.4, -0.2) is 35.2 Å². The molecule has 21 heavy (non-hydrogen) atoms. The Bertz CT molecular complexity index is 554. The number of aliphatic hydroxyl groups excluding tert-OH is 1. The van der Waals surface area contributed by atoms with Gasteiger partial charge in [-0.15, -0.1) is 0 Å². The lowest BCUT2D eigenvalue weighted by Gasteiger charge is -2.65. The third-order valence-electron chi connectivity index (χ3n) is 7.05. The van der Waals surface area contributed by atoms with Gasteiger partial charge >= 0.3 is 0 Å². The summed E-state index contributed by atoms with van der Waals surface area (Å²) in [5.74, 6) is 1.17. The number of hydrogen-bond donors (Lipinski definition) is 1. The Kier molecular flexibility index (Phi) is 3.00. The van der Waals surface area contributed by atoms with Crippen LogP contribution in [-0.2, 0) is 11.8 Å². The highest BCUT2D eigenvalue weighted by Gasteiger charge is 2.60. The van der Waals surface area contributed by atoms with Crippen LogP contribution in [0.25, 0.3) is 0 Å². The molecule has 2 nitrogen and oxygen atoms in total. The Morgan fingerprint density at radius 3 is 2.81 bits per heavy atom. The zero-order chi connectivity index (χ0) is 14.8. The van der Waals surface area contributed by atoms with Crippen LogP contribution in [0.15, 0.2) is 24.3 Å². The van der Waals surface area contributed by atoms with Crippen LogP contribution in [0.5, 0.6) is 0 Å². The van der Waals surface area contributed by atoms with Gasteiger partial charge in [0.05, 0.1) is 6.10 Å². The van der Waals surface area contributed by atoms with Gasteiger partial charge in [0.15, 0.2) is 0 Å². The Balaban J connectivity index is 1.84. The van der Waals surface area contributed by atoms with Crippen LogP contribution < -0.4 is 0 Å². The van der Waals surface area contributed by atoms with Crippen molar-refractivity contribution in [2.75, 3.05) is 7.05 Å². The molecular weight excluding hydrogens is 258 g/mol. The minimum absolute atomic E-state index is 0.176. The molecule has 4 bridgehead atoms. The van der Waals surface area contributed by atoms with E-state index >= 15 is 0 Å². The largest absolute Gasteiger partial charge is 0.393 e. The first-order valence-electron chi connectivity index (χ1n) is 8.57. The third-order valence-corrected chi connectivity index (χ3v) is 7.05. The summed E-state index contributed by atoms with van der Waals surface area (Å²) in [5, 5.41) is 10.2. The summed E-state index contributed by atoms with van der Waals surface area (Å²) < 4.78 is 0. The number of rotatable bonds is 2. The van der Waals surface area contributed by atoms with Crippen molar-refractivity contribution in [2.24, 2.45) is 11.8 Å². The van der Waals surface area contributed by atoms with Crippen molar-refractivity contribution in [3.63, 3.8) is 0 Å². The van der Waals surface area contributed by atoms with E-state index in [2.05, 4.69) is 43.1 Å². The highest BCUT2D eigenvalue weighted by atomic mass is 16.3. The van der Waals surface area contributed by atoms with Gasteiger partial charge in [-0.2, -0.15) is 0 Å². The summed E-state index contributed by atoms with van der Waals surface area (Å²) in [6.07, 6.45) is 4.70. The van der Waals surface area contributed by atoms with Crippen molar-refractivity contribution in [2.45, 2.75) is 63.1 Å².